The molecule has 0 atom stereocenters. The van der Waals surface area contributed by atoms with Gasteiger partial charge >= 0.3 is 26.5 Å². The van der Waals surface area contributed by atoms with Crippen LogP contribution in [-0.2, 0) is 0 Å². The third-order valence-electron chi connectivity index (χ3n) is 1.56. The molecule has 1 heterocycles. The van der Waals surface area contributed by atoms with E-state index in [9.17, 15) is 0 Å². The van der Waals surface area contributed by atoms with Crippen molar-refractivity contribution in [1.29, 1.82) is 0 Å². The maximum Gasteiger partial charge on any atom is 1.00 e. The van der Waals surface area contributed by atoms with Gasteiger partial charge in [-0.05, 0) is 0 Å². The largest absolute Gasteiger partial charge is 1.00 e. The molecule has 2 rings (SSSR count). The van der Waals surface area contributed by atoms with Crippen LogP contribution in [0.3, 0.4) is 0 Å². The minimum Gasteiger partial charge on any atom is -0.429 e. The number of rotatable bonds is 1. The summed E-state index contributed by atoms with van der Waals surface area (Å²) in [6.07, 6.45) is 1.31. The van der Waals surface area contributed by atoms with Gasteiger partial charge in [-0.25, -0.2) is 0 Å². The third-order valence-corrected chi connectivity index (χ3v) is 1.56. The number of benzene rings is 1. The van der Waals surface area contributed by atoms with E-state index in [0.29, 0.717) is 5.89 Å². The number of aromatic nitrogens is 2. The molecule has 0 aliphatic heterocycles. The van der Waals surface area contributed by atoms with Gasteiger partial charge in [0.1, 0.15) is 0 Å². The van der Waals surface area contributed by atoms with Crippen LogP contribution in [0.2, 0.25) is 0 Å². The van der Waals surface area contributed by atoms with Crippen LogP contribution in [0.25, 0.3) is 11.5 Å². The predicted octanol–water partition coefficient (Wildman–Crippen LogP) is -2.57. The summed E-state index contributed by atoms with van der Waals surface area (Å²) in [4.78, 5) is 0. The van der Waals surface area contributed by atoms with Crippen molar-refractivity contribution in [2.75, 3.05) is 0 Å². The molecule has 1 aromatic carbocycles. The Hall–Kier alpha value is -1.19. The standard InChI is InChI=1S/C9H7N2O.BH2O2.Li/c1-7-2-4-8(5-3-7)9-11-10-6-12-9;2-1-3;/h2-6H,1H2;2-3H;/q-1;;+1. The molecule has 16 heavy (non-hydrogen) atoms. The zero-order valence-electron chi connectivity index (χ0n) is 8.87. The Kier molecular flexibility index (Phi) is 7.43. The Balaban J connectivity index is 0.000000511. The zero-order chi connectivity index (χ0) is 11.1. The van der Waals surface area contributed by atoms with Gasteiger partial charge in [-0.3, -0.25) is 0 Å². The topological polar surface area (TPSA) is 79.4 Å². The summed E-state index contributed by atoms with van der Waals surface area (Å²) in [5, 5.41) is 21.4. The van der Waals surface area contributed by atoms with E-state index in [-0.39, 0.29) is 26.5 Å². The number of hydrogen-bond acceptors (Lipinski definition) is 5. The third kappa shape index (κ3) is 4.55. The molecule has 0 saturated heterocycles. The van der Waals surface area contributed by atoms with Gasteiger partial charge in [-0.2, -0.15) is 24.6 Å². The van der Waals surface area contributed by atoms with Crippen molar-refractivity contribution in [3.8, 4) is 11.5 Å². The molecule has 7 heteroatoms. The van der Waals surface area contributed by atoms with Crippen molar-refractivity contribution < 1.29 is 33.3 Å². The zero-order valence-corrected chi connectivity index (χ0v) is 8.87. The van der Waals surface area contributed by atoms with Gasteiger partial charge < -0.3 is 14.5 Å². The van der Waals surface area contributed by atoms with E-state index in [1.165, 1.54) is 6.39 Å². The molecule has 0 fully saturated rings. The van der Waals surface area contributed by atoms with Gasteiger partial charge in [-0.15, -0.1) is 22.3 Å². The molecule has 2 aromatic rings. The summed E-state index contributed by atoms with van der Waals surface area (Å²) >= 11 is 0. The normalized spacial score (nSPS) is 8.38. The van der Waals surface area contributed by atoms with Crippen LogP contribution in [0.15, 0.2) is 35.1 Å². The monoisotopic (exact) mass is 211 g/mol. The Morgan fingerprint density at radius 1 is 1.19 bits per heavy atom. The maximum atomic E-state index is 7.00. The van der Waals surface area contributed by atoms with Crippen LogP contribution in [-0.4, -0.2) is 27.9 Å². The van der Waals surface area contributed by atoms with Crippen LogP contribution in [0, 0.1) is 6.92 Å². The maximum absolute atomic E-state index is 7.00. The van der Waals surface area contributed by atoms with Gasteiger partial charge in [-0.1, -0.05) is 0 Å². The summed E-state index contributed by atoms with van der Waals surface area (Å²) < 4.78 is 5.02. The second kappa shape index (κ2) is 8.02. The average molecular weight is 211 g/mol. The van der Waals surface area contributed by atoms with Crippen molar-refractivity contribution >= 4 is 7.69 Å². The second-order valence-corrected chi connectivity index (χ2v) is 2.56. The van der Waals surface area contributed by atoms with Crippen LogP contribution in [0.5, 0.6) is 0 Å². The molecule has 0 aliphatic rings. The van der Waals surface area contributed by atoms with E-state index >= 15 is 0 Å². The first-order chi connectivity index (χ1) is 7.27. The van der Waals surface area contributed by atoms with Gasteiger partial charge in [0.2, 0.25) is 12.3 Å². The van der Waals surface area contributed by atoms with E-state index in [1.54, 1.807) is 0 Å². The molecule has 0 unspecified atom stereocenters. The van der Waals surface area contributed by atoms with Crippen molar-refractivity contribution in [2.45, 2.75) is 0 Å². The first kappa shape index (κ1) is 14.8. The molecule has 1 radical (unpaired) electrons. The molecule has 5 nitrogen and oxygen atoms in total. The Morgan fingerprint density at radius 3 is 2.19 bits per heavy atom. The van der Waals surface area contributed by atoms with Crippen LogP contribution in [0.1, 0.15) is 5.56 Å². The van der Waals surface area contributed by atoms with E-state index in [4.69, 9.17) is 14.5 Å². The smallest absolute Gasteiger partial charge is 0.429 e. The molecule has 1 aromatic heterocycles. The quantitative estimate of drug-likeness (QED) is 0.400. The SMILES string of the molecule is O[B]O.[CH2-]c1ccc(-c2nnco2)cc1.[Li+]. The van der Waals surface area contributed by atoms with Gasteiger partial charge in [0.25, 0.3) is 0 Å². The fourth-order valence-electron chi connectivity index (χ4n) is 0.946. The summed E-state index contributed by atoms with van der Waals surface area (Å²) in [6.45, 7) is 3.78. The molecule has 0 saturated carbocycles. The van der Waals surface area contributed by atoms with Crippen molar-refractivity contribution in [2.24, 2.45) is 0 Å². The van der Waals surface area contributed by atoms with Crippen LogP contribution < -0.4 is 18.9 Å². The first-order valence-electron chi connectivity index (χ1n) is 4.06. The van der Waals surface area contributed by atoms with E-state index in [2.05, 4.69) is 17.1 Å². The van der Waals surface area contributed by atoms with Crippen molar-refractivity contribution in [3.05, 3.63) is 43.1 Å². The van der Waals surface area contributed by atoms with E-state index < -0.39 is 0 Å². The Bertz CT molecular complexity index is 380. The number of nitrogens with zero attached hydrogens (tertiary/aromatic N) is 2. The van der Waals surface area contributed by atoms with Crippen molar-refractivity contribution in [1.82, 2.24) is 10.2 Å². The first-order valence-corrected chi connectivity index (χ1v) is 4.06. The van der Waals surface area contributed by atoms with Gasteiger partial charge in [0.05, 0.1) is 0 Å². The van der Waals surface area contributed by atoms with Crippen LogP contribution >= 0.6 is 0 Å². The summed E-state index contributed by atoms with van der Waals surface area (Å²) in [6, 6.07) is 7.60. The molecule has 0 amide bonds. The average Bonchev–Trinajstić information content (AvgIpc) is 2.73. The molecule has 0 aliphatic carbocycles. The minimum absolute atomic E-state index is 0. The Morgan fingerprint density at radius 2 is 1.75 bits per heavy atom. The Labute approximate surface area is 106 Å². The van der Waals surface area contributed by atoms with Crippen LogP contribution in [0.4, 0.5) is 0 Å². The van der Waals surface area contributed by atoms with Gasteiger partial charge in [0, 0.05) is 5.56 Å². The fourth-order valence-corrected chi connectivity index (χ4v) is 0.946. The molecule has 0 bridgehead atoms. The predicted molar refractivity (Wildman–Crippen MR) is 54.4 cm³/mol. The van der Waals surface area contributed by atoms with Crippen molar-refractivity contribution in [3.63, 3.8) is 0 Å². The fraction of sp³-hybridized carbons (Fsp3) is 0. The molecular formula is C9H9BLiN2O3. The second-order valence-electron chi connectivity index (χ2n) is 2.56. The summed E-state index contributed by atoms with van der Waals surface area (Å²) in [7, 11) is 0. The number of hydrogen-bond donors (Lipinski definition) is 2. The van der Waals surface area contributed by atoms with Gasteiger partial charge in [0.15, 0.2) is 0 Å². The molecule has 2 N–H and O–H groups in total. The van der Waals surface area contributed by atoms with E-state index in [0.717, 1.165) is 11.1 Å². The summed E-state index contributed by atoms with van der Waals surface area (Å²) in [5.74, 6) is 0.537. The minimum atomic E-state index is 0. The molecular weight excluding hydrogens is 202 g/mol. The molecule has 77 valence electrons. The van der Waals surface area contributed by atoms with E-state index in [1.807, 2.05) is 24.3 Å². The molecule has 0 spiro atoms. The summed E-state index contributed by atoms with van der Waals surface area (Å²) in [5.41, 5.74) is 1.89.